The van der Waals surface area contributed by atoms with Gasteiger partial charge in [-0.2, -0.15) is 0 Å². The van der Waals surface area contributed by atoms with Crippen LogP contribution in [0.25, 0.3) is 0 Å². The lowest BCUT2D eigenvalue weighted by Crippen LogP contribution is -2.74. The summed E-state index contributed by atoms with van der Waals surface area (Å²) in [6.07, 6.45) is -4.54. The van der Waals surface area contributed by atoms with Crippen LogP contribution in [0.5, 0.6) is 5.75 Å². The van der Waals surface area contributed by atoms with E-state index in [9.17, 15) is 34.2 Å². The maximum Gasteiger partial charge on any atom is 0.357 e. The van der Waals surface area contributed by atoms with Crippen molar-refractivity contribution in [2.75, 3.05) is 13.6 Å². The number of aliphatic hydroxyl groups is 2. The summed E-state index contributed by atoms with van der Waals surface area (Å²) in [6.45, 7) is 3.18. The molecule has 7 atom stereocenters. The second-order valence-electron chi connectivity index (χ2n) is 11.3. The van der Waals surface area contributed by atoms with Gasteiger partial charge in [0.25, 0.3) is 0 Å². The SMILES string of the molecule is CC(=O)O[C@H](C(=O)OC1=CC[C@@]2(O)[C@H]3Cc4ccc(CO)c5c4C2(CCN3C)C1O5)[C@H](OC(C)=O)C(=O)O[C@@H](C)C(=O)O. The van der Waals surface area contributed by atoms with Gasteiger partial charge >= 0.3 is 29.8 Å². The van der Waals surface area contributed by atoms with Crippen LogP contribution in [0.4, 0.5) is 0 Å². The summed E-state index contributed by atoms with van der Waals surface area (Å²) in [5, 5.41) is 31.5. The Morgan fingerprint density at radius 3 is 2.33 bits per heavy atom. The predicted octanol–water partition coefficient (Wildman–Crippen LogP) is -0.120. The summed E-state index contributed by atoms with van der Waals surface area (Å²) in [7, 11) is 1.93. The first kappa shape index (κ1) is 30.4. The molecule has 2 aliphatic carbocycles. The van der Waals surface area contributed by atoms with E-state index < -0.39 is 65.3 Å². The highest BCUT2D eigenvalue weighted by Gasteiger charge is 2.72. The number of nitrogens with zero attached hydrogens (tertiary/aromatic N) is 1. The molecule has 14 nitrogen and oxygen atoms in total. The quantitative estimate of drug-likeness (QED) is 0.250. The molecule has 0 radical (unpaired) electrons. The molecule has 0 aromatic heterocycles. The Labute approximate surface area is 246 Å². The number of hydrogen-bond donors (Lipinski definition) is 3. The fourth-order valence-electron chi connectivity index (χ4n) is 6.92. The largest absolute Gasteiger partial charge is 0.481 e. The van der Waals surface area contributed by atoms with Crippen LogP contribution in [0.2, 0.25) is 0 Å². The smallest absolute Gasteiger partial charge is 0.357 e. The van der Waals surface area contributed by atoms with Crippen LogP contribution in [0, 0.1) is 0 Å². The molecule has 5 rings (SSSR count). The second kappa shape index (κ2) is 10.9. The molecular formula is C29H33NO13. The third-order valence-electron chi connectivity index (χ3n) is 8.81. The summed E-state index contributed by atoms with van der Waals surface area (Å²) in [5.74, 6) is -6.00. The summed E-state index contributed by atoms with van der Waals surface area (Å²) >= 11 is 0. The highest BCUT2D eigenvalue weighted by atomic mass is 16.6. The standard InChI is InChI=1S/C29H33NO13/c1-13(25(34)35)39-26(36)22(40-14(2)32)23(41-15(3)33)27(37)42-18-7-8-29(38)19-11-16-5-6-17(12-31)21-20(16)28(29,24(18)43-21)9-10-30(19)4/h5-7,13,19,22-24,31,38H,8-12H2,1-4H3,(H,34,35)/t13-,19+,22-,23-,24?,28?,29+/m0/s1. The third-order valence-corrected chi connectivity index (χ3v) is 8.81. The van der Waals surface area contributed by atoms with Gasteiger partial charge in [-0.05, 0) is 45.0 Å². The number of likely N-dealkylation sites (tertiary alicyclic amines) is 1. The van der Waals surface area contributed by atoms with Crippen molar-refractivity contribution in [3.8, 4) is 5.75 Å². The molecule has 2 aliphatic heterocycles. The molecule has 1 saturated heterocycles. The minimum Gasteiger partial charge on any atom is -0.481 e. The zero-order chi connectivity index (χ0) is 31.4. The van der Waals surface area contributed by atoms with E-state index in [2.05, 4.69) is 4.90 Å². The average molecular weight is 604 g/mol. The van der Waals surface area contributed by atoms with Crippen molar-refractivity contribution >= 4 is 29.8 Å². The Kier molecular flexibility index (Phi) is 7.73. The van der Waals surface area contributed by atoms with Gasteiger partial charge in [0.2, 0.25) is 12.2 Å². The highest BCUT2D eigenvalue weighted by Crippen LogP contribution is 2.64. The van der Waals surface area contributed by atoms with E-state index >= 15 is 0 Å². The van der Waals surface area contributed by atoms with Crippen molar-refractivity contribution < 1.29 is 63.0 Å². The van der Waals surface area contributed by atoms with Crippen LogP contribution in [0.15, 0.2) is 24.0 Å². The van der Waals surface area contributed by atoms with Gasteiger partial charge in [-0.3, -0.25) is 9.59 Å². The molecule has 1 aromatic carbocycles. The number of hydrogen-bond acceptors (Lipinski definition) is 13. The number of ether oxygens (including phenoxy) is 5. The number of aliphatic hydroxyl groups excluding tert-OH is 1. The van der Waals surface area contributed by atoms with E-state index in [4.69, 9.17) is 28.8 Å². The Balaban J connectivity index is 1.52. The Bertz CT molecular complexity index is 1420. The normalized spacial score (nSPS) is 28.7. The topological polar surface area (TPSA) is 195 Å². The molecule has 1 aromatic rings. The van der Waals surface area contributed by atoms with E-state index in [1.165, 1.54) is 6.08 Å². The monoisotopic (exact) mass is 603 g/mol. The lowest BCUT2D eigenvalue weighted by atomic mass is 9.50. The number of benzene rings is 1. The predicted molar refractivity (Wildman–Crippen MR) is 141 cm³/mol. The average Bonchev–Trinajstić information content (AvgIpc) is 3.29. The summed E-state index contributed by atoms with van der Waals surface area (Å²) in [6, 6.07) is 3.37. The first-order chi connectivity index (χ1) is 20.2. The minimum atomic E-state index is -2.19. The fraction of sp³-hybridized carbons (Fsp3) is 0.552. The molecule has 2 heterocycles. The van der Waals surface area contributed by atoms with Crippen LogP contribution in [0.1, 0.15) is 50.3 Å². The van der Waals surface area contributed by atoms with Gasteiger partial charge in [-0.25, -0.2) is 14.4 Å². The number of carbonyl (C=O) groups is 5. The lowest BCUT2D eigenvalue weighted by molar-refractivity contribution is -0.194. The number of carboxylic acids is 1. The molecule has 232 valence electrons. The molecule has 0 amide bonds. The molecule has 2 unspecified atom stereocenters. The molecule has 1 spiro atoms. The Morgan fingerprint density at radius 2 is 1.72 bits per heavy atom. The molecule has 3 N–H and O–H groups in total. The maximum atomic E-state index is 13.6. The third kappa shape index (κ3) is 4.73. The zero-order valence-corrected chi connectivity index (χ0v) is 24.0. The molecule has 2 bridgehead atoms. The summed E-state index contributed by atoms with van der Waals surface area (Å²) in [4.78, 5) is 63.6. The molecule has 4 aliphatic rings. The van der Waals surface area contributed by atoms with Crippen molar-refractivity contribution in [3.05, 3.63) is 40.7 Å². The van der Waals surface area contributed by atoms with Crippen LogP contribution in [-0.4, -0.2) is 99.7 Å². The zero-order valence-electron chi connectivity index (χ0n) is 24.0. The molecule has 1 fully saturated rings. The van der Waals surface area contributed by atoms with Crippen molar-refractivity contribution in [2.24, 2.45) is 0 Å². The Morgan fingerprint density at radius 1 is 1.07 bits per heavy atom. The van der Waals surface area contributed by atoms with Crippen molar-refractivity contribution in [2.45, 2.75) is 88.1 Å². The van der Waals surface area contributed by atoms with Gasteiger partial charge in [0, 0.05) is 37.4 Å². The van der Waals surface area contributed by atoms with Gasteiger partial charge in [-0.1, -0.05) is 12.1 Å². The Hall–Kier alpha value is -4.01. The first-order valence-corrected chi connectivity index (χ1v) is 13.8. The number of carboxylic acid groups (broad SMARTS) is 1. The first-order valence-electron chi connectivity index (χ1n) is 13.8. The van der Waals surface area contributed by atoms with E-state index in [-0.39, 0.29) is 24.8 Å². The van der Waals surface area contributed by atoms with Gasteiger partial charge in [0.05, 0.1) is 17.6 Å². The van der Waals surface area contributed by atoms with Crippen molar-refractivity contribution in [3.63, 3.8) is 0 Å². The van der Waals surface area contributed by atoms with Crippen molar-refractivity contribution in [1.82, 2.24) is 4.90 Å². The van der Waals surface area contributed by atoms with E-state index in [0.29, 0.717) is 30.7 Å². The lowest BCUT2D eigenvalue weighted by Gasteiger charge is -2.61. The second-order valence-corrected chi connectivity index (χ2v) is 11.3. The fourth-order valence-corrected chi connectivity index (χ4v) is 6.92. The number of carbonyl (C=O) groups excluding carboxylic acids is 4. The molecular weight excluding hydrogens is 570 g/mol. The van der Waals surface area contributed by atoms with E-state index in [0.717, 1.165) is 31.9 Å². The van der Waals surface area contributed by atoms with Crippen LogP contribution in [0.3, 0.4) is 0 Å². The molecule has 14 heteroatoms. The number of aliphatic carboxylic acids is 1. The maximum absolute atomic E-state index is 13.6. The highest BCUT2D eigenvalue weighted by molar-refractivity contribution is 5.90. The number of esters is 4. The van der Waals surface area contributed by atoms with E-state index in [1.54, 1.807) is 6.07 Å². The summed E-state index contributed by atoms with van der Waals surface area (Å²) < 4.78 is 26.9. The van der Waals surface area contributed by atoms with Crippen molar-refractivity contribution in [1.29, 1.82) is 0 Å². The molecule has 0 saturated carbocycles. The van der Waals surface area contributed by atoms with Gasteiger partial charge < -0.3 is 43.9 Å². The van der Waals surface area contributed by atoms with E-state index in [1.807, 2.05) is 13.1 Å². The minimum absolute atomic E-state index is 0.0306. The number of rotatable bonds is 9. The van der Waals surface area contributed by atoms with Crippen LogP contribution >= 0.6 is 0 Å². The van der Waals surface area contributed by atoms with Crippen LogP contribution in [-0.2, 0) is 61.4 Å². The number of likely N-dealkylation sites (N-methyl/N-ethyl adjacent to an activating group) is 1. The van der Waals surface area contributed by atoms with Gasteiger partial charge in [0.15, 0.2) is 12.2 Å². The van der Waals surface area contributed by atoms with Gasteiger partial charge in [0.1, 0.15) is 11.5 Å². The summed E-state index contributed by atoms with van der Waals surface area (Å²) in [5.41, 5.74) is -0.190. The van der Waals surface area contributed by atoms with Gasteiger partial charge in [-0.15, -0.1) is 0 Å². The van der Waals surface area contributed by atoms with Crippen LogP contribution < -0.4 is 4.74 Å². The molecule has 43 heavy (non-hydrogen) atoms. The number of piperidine rings is 1.